The predicted octanol–water partition coefficient (Wildman–Crippen LogP) is 1.75. The van der Waals surface area contributed by atoms with Crippen molar-refractivity contribution in [2.24, 2.45) is 5.92 Å². The van der Waals surface area contributed by atoms with Gasteiger partial charge < -0.3 is 10.6 Å². The number of nitrogens with one attached hydrogen (secondary N) is 2. The molecule has 2 unspecified atom stereocenters. The van der Waals surface area contributed by atoms with Gasteiger partial charge in [0.05, 0.1) is 17.4 Å². The average Bonchev–Trinajstić information content (AvgIpc) is 2.53. The lowest BCUT2D eigenvalue weighted by Crippen LogP contribution is -2.53. The molecule has 112 valence electrons. The van der Waals surface area contributed by atoms with Gasteiger partial charge in [0.15, 0.2) is 0 Å². The van der Waals surface area contributed by atoms with Crippen LogP contribution in [0.4, 0.5) is 11.4 Å². The zero-order valence-corrected chi connectivity index (χ0v) is 12.3. The molecule has 5 nitrogen and oxygen atoms in total. The molecule has 0 aliphatic carbocycles. The Morgan fingerprint density at radius 1 is 1.38 bits per heavy atom. The quantitative estimate of drug-likeness (QED) is 0.871. The summed E-state index contributed by atoms with van der Waals surface area (Å²) in [6.45, 7) is 3.14. The molecule has 2 aliphatic heterocycles. The molecule has 0 aromatic heterocycles. The van der Waals surface area contributed by atoms with Crippen LogP contribution in [0.15, 0.2) is 24.3 Å². The third kappa shape index (κ3) is 2.78. The highest BCUT2D eigenvalue weighted by atomic mass is 16.2. The van der Waals surface area contributed by atoms with E-state index < -0.39 is 0 Å². The summed E-state index contributed by atoms with van der Waals surface area (Å²) in [5, 5.41) is 6.12. The van der Waals surface area contributed by atoms with Gasteiger partial charge in [-0.2, -0.15) is 0 Å². The van der Waals surface area contributed by atoms with Crippen LogP contribution in [-0.4, -0.2) is 30.9 Å². The average molecular weight is 287 g/mol. The molecule has 1 fully saturated rings. The Morgan fingerprint density at radius 2 is 2.19 bits per heavy atom. The lowest BCUT2D eigenvalue weighted by molar-refractivity contribution is -0.124. The fraction of sp³-hybridized carbons (Fsp3) is 0.500. The van der Waals surface area contributed by atoms with Crippen molar-refractivity contribution in [3.8, 4) is 0 Å². The fourth-order valence-electron chi connectivity index (χ4n) is 3.17. The van der Waals surface area contributed by atoms with Crippen LogP contribution in [-0.2, 0) is 9.59 Å². The second-order valence-corrected chi connectivity index (χ2v) is 5.80. The molecule has 2 N–H and O–H groups in total. The number of para-hydroxylation sites is 2. The minimum atomic E-state index is -0.178. The van der Waals surface area contributed by atoms with E-state index in [1.54, 1.807) is 4.90 Å². The standard InChI is InChI=1S/C16H21N3O2/c1-2-11-7-8-17-13(9-11)16(21)19-10-15(20)18-12-5-3-4-6-14(12)19/h3-6,11,13,17H,2,7-10H2,1H3,(H,18,20). The minimum absolute atomic E-state index is 0.00968. The van der Waals surface area contributed by atoms with Gasteiger partial charge in [-0.05, 0) is 37.4 Å². The molecule has 2 aliphatic rings. The molecule has 0 radical (unpaired) electrons. The van der Waals surface area contributed by atoms with Gasteiger partial charge in [0.1, 0.15) is 6.54 Å². The van der Waals surface area contributed by atoms with Crippen LogP contribution in [0.2, 0.25) is 0 Å². The first kappa shape index (κ1) is 14.1. The Balaban J connectivity index is 1.83. The monoisotopic (exact) mass is 287 g/mol. The molecule has 2 amide bonds. The van der Waals surface area contributed by atoms with Crippen molar-refractivity contribution in [1.29, 1.82) is 0 Å². The van der Waals surface area contributed by atoms with Gasteiger partial charge >= 0.3 is 0 Å². The highest BCUT2D eigenvalue weighted by molar-refractivity contribution is 6.11. The van der Waals surface area contributed by atoms with E-state index in [-0.39, 0.29) is 24.4 Å². The summed E-state index contributed by atoms with van der Waals surface area (Å²) in [5.74, 6) is 0.467. The molecule has 0 saturated carbocycles. The Labute approximate surface area is 124 Å². The van der Waals surface area contributed by atoms with E-state index in [1.165, 1.54) is 0 Å². The normalized spacial score (nSPS) is 25.2. The van der Waals surface area contributed by atoms with Crippen molar-refractivity contribution in [3.63, 3.8) is 0 Å². The summed E-state index contributed by atoms with van der Waals surface area (Å²) in [6.07, 6.45) is 3.08. The van der Waals surface area contributed by atoms with E-state index in [2.05, 4.69) is 17.6 Å². The maximum Gasteiger partial charge on any atom is 0.244 e. The van der Waals surface area contributed by atoms with Crippen LogP contribution >= 0.6 is 0 Å². The summed E-state index contributed by atoms with van der Waals surface area (Å²) in [7, 11) is 0. The van der Waals surface area contributed by atoms with E-state index in [1.807, 2.05) is 24.3 Å². The first-order valence-electron chi connectivity index (χ1n) is 7.62. The van der Waals surface area contributed by atoms with Crippen LogP contribution in [0.1, 0.15) is 26.2 Å². The lowest BCUT2D eigenvalue weighted by atomic mass is 9.89. The predicted molar refractivity (Wildman–Crippen MR) is 82.2 cm³/mol. The van der Waals surface area contributed by atoms with Crippen LogP contribution < -0.4 is 15.5 Å². The Kier molecular flexibility index (Phi) is 3.92. The summed E-state index contributed by atoms with van der Waals surface area (Å²) in [6, 6.07) is 7.28. The van der Waals surface area contributed by atoms with Crippen LogP contribution in [0.25, 0.3) is 0 Å². The van der Waals surface area contributed by atoms with E-state index in [9.17, 15) is 9.59 Å². The van der Waals surface area contributed by atoms with E-state index in [0.29, 0.717) is 11.6 Å². The Bertz CT molecular complexity index is 558. The number of nitrogens with zero attached hydrogens (tertiary/aromatic N) is 1. The zero-order valence-electron chi connectivity index (χ0n) is 12.3. The van der Waals surface area contributed by atoms with Crippen molar-refractivity contribution in [1.82, 2.24) is 5.32 Å². The molecule has 5 heteroatoms. The lowest BCUT2D eigenvalue weighted by Gasteiger charge is -2.35. The van der Waals surface area contributed by atoms with Crippen LogP contribution in [0, 0.1) is 5.92 Å². The SMILES string of the molecule is CCC1CCNC(C(=O)N2CC(=O)Nc3ccccc32)C1. The molecule has 0 spiro atoms. The number of benzene rings is 1. The topological polar surface area (TPSA) is 61.4 Å². The summed E-state index contributed by atoms with van der Waals surface area (Å²) in [4.78, 5) is 26.2. The van der Waals surface area contributed by atoms with Gasteiger partial charge in [-0.1, -0.05) is 25.5 Å². The number of amides is 2. The largest absolute Gasteiger partial charge is 0.323 e. The van der Waals surface area contributed by atoms with E-state index in [4.69, 9.17) is 0 Å². The molecule has 2 heterocycles. The van der Waals surface area contributed by atoms with Gasteiger partial charge in [0, 0.05) is 0 Å². The Morgan fingerprint density at radius 3 is 3.00 bits per heavy atom. The summed E-state index contributed by atoms with van der Waals surface area (Å²) in [5.41, 5.74) is 1.51. The number of anilines is 2. The smallest absolute Gasteiger partial charge is 0.244 e. The molecular formula is C16H21N3O2. The van der Waals surface area contributed by atoms with Crippen LogP contribution in [0.3, 0.4) is 0 Å². The maximum absolute atomic E-state index is 12.8. The third-order valence-electron chi connectivity index (χ3n) is 4.42. The molecule has 21 heavy (non-hydrogen) atoms. The van der Waals surface area contributed by atoms with Crippen LogP contribution in [0.5, 0.6) is 0 Å². The number of fused-ring (bicyclic) bond motifs is 1. The molecule has 1 aromatic carbocycles. The highest BCUT2D eigenvalue weighted by Crippen LogP contribution is 2.30. The van der Waals surface area contributed by atoms with E-state index >= 15 is 0 Å². The number of hydrogen-bond acceptors (Lipinski definition) is 3. The zero-order chi connectivity index (χ0) is 14.8. The summed E-state index contributed by atoms with van der Waals surface area (Å²) < 4.78 is 0. The first-order chi connectivity index (χ1) is 10.2. The maximum atomic E-state index is 12.8. The Hall–Kier alpha value is -1.88. The summed E-state index contributed by atoms with van der Waals surface area (Å²) >= 11 is 0. The second-order valence-electron chi connectivity index (χ2n) is 5.80. The highest BCUT2D eigenvalue weighted by Gasteiger charge is 2.33. The van der Waals surface area contributed by atoms with Gasteiger partial charge in [-0.25, -0.2) is 0 Å². The van der Waals surface area contributed by atoms with Crippen molar-refractivity contribution in [2.75, 3.05) is 23.3 Å². The molecule has 1 aromatic rings. The van der Waals surface area contributed by atoms with Crippen molar-refractivity contribution in [3.05, 3.63) is 24.3 Å². The number of piperidine rings is 1. The first-order valence-corrected chi connectivity index (χ1v) is 7.62. The second kappa shape index (κ2) is 5.85. The van der Waals surface area contributed by atoms with Crippen molar-refractivity contribution in [2.45, 2.75) is 32.2 Å². The molecule has 0 bridgehead atoms. The molecule has 2 atom stereocenters. The third-order valence-corrected chi connectivity index (χ3v) is 4.42. The van der Waals surface area contributed by atoms with E-state index in [0.717, 1.165) is 31.5 Å². The van der Waals surface area contributed by atoms with Gasteiger partial charge in [-0.15, -0.1) is 0 Å². The van der Waals surface area contributed by atoms with Crippen molar-refractivity contribution >= 4 is 23.2 Å². The van der Waals surface area contributed by atoms with Crippen molar-refractivity contribution < 1.29 is 9.59 Å². The number of carbonyl (C=O) groups excluding carboxylic acids is 2. The molecular weight excluding hydrogens is 266 g/mol. The fourth-order valence-corrected chi connectivity index (χ4v) is 3.17. The number of rotatable bonds is 2. The minimum Gasteiger partial charge on any atom is -0.323 e. The van der Waals surface area contributed by atoms with Gasteiger partial charge in [0.25, 0.3) is 0 Å². The van der Waals surface area contributed by atoms with Gasteiger partial charge in [-0.3, -0.25) is 14.5 Å². The molecule has 1 saturated heterocycles. The number of hydrogen-bond donors (Lipinski definition) is 2. The van der Waals surface area contributed by atoms with Gasteiger partial charge in [0.2, 0.25) is 11.8 Å². The number of carbonyl (C=O) groups is 2. The molecule has 3 rings (SSSR count).